The van der Waals surface area contributed by atoms with Crippen LogP contribution in [-0.2, 0) is 9.59 Å². The molecule has 152 valence electrons. The van der Waals surface area contributed by atoms with Crippen LogP contribution in [0.4, 0.5) is 5.69 Å². The molecular weight excluding hydrogens is 362 g/mol. The first kappa shape index (κ1) is 21.2. The standard InChI is InChI=1S/C19H27N5O4/c1-10(2)11(3)20-15-14(17(26)22-24(6)19(15)28)21-13-9-7-8-12(16(13)25)18(27)23(4)5/h7-11,20-21,25H,1-6H3,(H,22,26)/p+1/t11-/m0/s1. The number of primary amides is 1. The van der Waals surface area contributed by atoms with E-state index in [-0.39, 0.29) is 52.2 Å². The molecule has 5 N–H and O–H groups in total. The lowest BCUT2D eigenvalue weighted by Crippen LogP contribution is -2.99. The first-order valence-corrected chi connectivity index (χ1v) is 9.02. The largest absolute Gasteiger partial charge is 0.505 e. The number of hydrogen-bond donors (Lipinski definition) is 4. The number of amides is 3. The van der Waals surface area contributed by atoms with Crippen LogP contribution in [0.5, 0.6) is 5.75 Å². The Bertz CT molecular complexity index is 832. The van der Waals surface area contributed by atoms with Crippen molar-refractivity contribution in [2.75, 3.05) is 26.5 Å². The first-order valence-electron chi connectivity index (χ1n) is 9.02. The van der Waals surface area contributed by atoms with Crippen LogP contribution in [0.1, 0.15) is 31.1 Å². The van der Waals surface area contributed by atoms with Crippen molar-refractivity contribution in [3.63, 3.8) is 0 Å². The van der Waals surface area contributed by atoms with E-state index in [1.165, 1.54) is 34.5 Å². The third-order valence-electron chi connectivity index (χ3n) is 4.65. The Hall–Kier alpha value is -3.07. The fraction of sp³-hybridized carbons (Fsp3) is 0.421. The number of nitrogens with two attached hydrogens (primary N) is 1. The molecule has 1 aromatic rings. The number of benzene rings is 1. The van der Waals surface area contributed by atoms with E-state index in [0.717, 1.165) is 0 Å². The van der Waals surface area contributed by atoms with Crippen molar-refractivity contribution in [1.82, 2.24) is 15.2 Å². The fourth-order valence-corrected chi connectivity index (χ4v) is 2.55. The van der Waals surface area contributed by atoms with Gasteiger partial charge >= 0.3 is 11.8 Å². The Morgan fingerprint density at radius 1 is 1.18 bits per heavy atom. The molecule has 9 heteroatoms. The Labute approximate surface area is 164 Å². The molecule has 0 bridgehead atoms. The number of likely N-dealkylation sites (N-methyl/N-ethyl adjacent to an activating group) is 1. The number of rotatable bonds is 6. The number of aromatic hydroxyl groups is 1. The summed E-state index contributed by atoms with van der Waals surface area (Å²) in [6, 6.07) is 4.55. The maximum Gasteiger partial charge on any atom is 0.385 e. The molecule has 3 amide bonds. The number of carbonyl (C=O) groups is 3. The number of nitrogens with one attached hydrogen (secondary N) is 2. The number of nitrogens with zero attached hydrogens (tertiary/aromatic N) is 2. The van der Waals surface area contributed by atoms with Crippen molar-refractivity contribution in [3.8, 4) is 5.75 Å². The van der Waals surface area contributed by atoms with E-state index in [9.17, 15) is 19.5 Å². The van der Waals surface area contributed by atoms with Crippen molar-refractivity contribution < 1.29 is 24.9 Å². The van der Waals surface area contributed by atoms with Gasteiger partial charge in [-0.25, -0.2) is 4.79 Å². The molecule has 1 heterocycles. The summed E-state index contributed by atoms with van der Waals surface area (Å²) in [4.78, 5) is 38.8. The minimum Gasteiger partial charge on any atom is -0.505 e. The second-order valence-corrected chi connectivity index (χ2v) is 7.36. The van der Waals surface area contributed by atoms with Crippen LogP contribution in [0, 0.1) is 5.92 Å². The molecule has 2 rings (SSSR count). The minimum atomic E-state index is -0.413. The van der Waals surface area contributed by atoms with Crippen LogP contribution in [0.2, 0.25) is 0 Å². The van der Waals surface area contributed by atoms with Gasteiger partial charge < -0.3 is 20.6 Å². The summed E-state index contributed by atoms with van der Waals surface area (Å²) in [6.45, 7) is 5.91. The quantitative estimate of drug-likeness (QED) is 0.304. The zero-order valence-electron chi connectivity index (χ0n) is 17.0. The van der Waals surface area contributed by atoms with E-state index in [4.69, 9.17) is 0 Å². The van der Waals surface area contributed by atoms with Gasteiger partial charge in [-0.15, -0.1) is 0 Å². The molecule has 0 saturated carbocycles. The monoisotopic (exact) mass is 390 g/mol. The van der Waals surface area contributed by atoms with Crippen molar-refractivity contribution in [2.45, 2.75) is 26.8 Å². The van der Waals surface area contributed by atoms with E-state index in [0.29, 0.717) is 0 Å². The molecule has 28 heavy (non-hydrogen) atoms. The van der Waals surface area contributed by atoms with E-state index in [2.05, 4.69) is 10.6 Å². The first-order chi connectivity index (χ1) is 13.0. The summed E-state index contributed by atoms with van der Waals surface area (Å²) in [5.41, 5.74) is 1.59. The van der Waals surface area contributed by atoms with Gasteiger partial charge in [0.1, 0.15) is 5.70 Å². The number of para-hydroxylation sites is 1. The molecule has 0 saturated heterocycles. The number of hydrogen-bond acceptors (Lipinski definition) is 6. The molecule has 0 unspecified atom stereocenters. The lowest BCUT2D eigenvalue weighted by Gasteiger charge is -2.28. The van der Waals surface area contributed by atoms with Gasteiger partial charge in [0.15, 0.2) is 11.4 Å². The minimum absolute atomic E-state index is 0.0281. The van der Waals surface area contributed by atoms with Crippen LogP contribution >= 0.6 is 0 Å². The highest BCUT2D eigenvalue weighted by Crippen LogP contribution is 2.30. The van der Waals surface area contributed by atoms with Crippen LogP contribution in [0.15, 0.2) is 29.6 Å². The predicted octanol–water partition coefficient (Wildman–Crippen LogP) is -0.171. The Morgan fingerprint density at radius 3 is 2.39 bits per heavy atom. The molecule has 0 aliphatic carbocycles. The highest BCUT2D eigenvalue weighted by Gasteiger charge is 2.36. The molecule has 0 fully saturated rings. The third kappa shape index (κ3) is 4.25. The average molecular weight is 390 g/mol. The molecule has 1 aromatic carbocycles. The van der Waals surface area contributed by atoms with Crippen LogP contribution in [0.3, 0.4) is 0 Å². The summed E-state index contributed by atoms with van der Waals surface area (Å²) in [5, 5.41) is 17.7. The van der Waals surface area contributed by atoms with Gasteiger partial charge in [0.25, 0.3) is 5.91 Å². The topological polar surface area (TPSA) is 119 Å². The Kier molecular flexibility index (Phi) is 6.30. The van der Waals surface area contributed by atoms with Gasteiger partial charge in [-0.1, -0.05) is 19.9 Å². The highest BCUT2D eigenvalue weighted by molar-refractivity contribution is 6.06. The lowest BCUT2D eigenvalue weighted by molar-refractivity contribution is -0.703. The Balaban J connectivity index is 2.49. The molecule has 1 atom stereocenters. The Morgan fingerprint density at radius 2 is 1.82 bits per heavy atom. The second kappa shape index (κ2) is 8.30. The van der Waals surface area contributed by atoms with Gasteiger partial charge in [0, 0.05) is 20.1 Å². The summed E-state index contributed by atoms with van der Waals surface area (Å²) in [6.07, 6.45) is 0. The van der Waals surface area contributed by atoms with E-state index in [1.54, 1.807) is 20.2 Å². The molecule has 0 aromatic heterocycles. The lowest BCUT2D eigenvalue weighted by atomic mass is 10.1. The van der Waals surface area contributed by atoms with Crippen molar-refractivity contribution in [2.24, 2.45) is 5.92 Å². The maximum absolute atomic E-state index is 12.6. The summed E-state index contributed by atoms with van der Waals surface area (Å²) in [7, 11) is 4.66. The van der Waals surface area contributed by atoms with Gasteiger partial charge in [0.05, 0.1) is 18.3 Å². The van der Waals surface area contributed by atoms with E-state index < -0.39 is 5.91 Å². The number of carbonyl (C=O) groups excluding carboxylic acids is 3. The zero-order chi connectivity index (χ0) is 21.2. The summed E-state index contributed by atoms with van der Waals surface area (Å²) in [5.74, 6) is -1.22. The van der Waals surface area contributed by atoms with E-state index >= 15 is 0 Å². The van der Waals surface area contributed by atoms with Crippen LogP contribution < -0.4 is 16.1 Å². The van der Waals surface area contributed by atoms with Crippen LogP contribution in [0.25, 0.3) is 0 Å². The molecule has 9 nitrogen and oxygen atoms in total. The number of quaternary nitrogens is 1. The molecule has 0 radical (unpaired) electrons. The number of phenols is 1. The van der Waals surface area contributed by atoms with Crippen molar-refractivity contribution in [3.05, 3.63) is 35.2 Å². The van der Waals surface area contributed by atoms with Gasteiger partial charge in [-0.2, -0.15) is 10.4 Å². The summed E-state index contributed by atoms with van der Waals surface area (Å²) < 4.78 is 0. The zero-order valence-corrected chi connectivity index (χ0v) is 17.0. The average Bonchev–Trinajstić information content (AvgIpc) is 2.62. The number of anilines is 1. The van der Waals surface area contributed by atoms with Gasteiger partial charge in [0.2, 0.25) is 0 Å². The fourth-order valence-electron chi connectivity index (χ4n) is 2.55. The van der Waals surface area contributed by atoms with Gasteiger partial charge in [-0.05, 0) is 25.0 Å². The third-order valence-corrected chi connectivity index (χ3v) is 4.65. The van der Waals surface area contributed by atoms with E-state index in [1.807, 2.05) is 20.8 Å². The number of phenolic OH excluding ortho intramolecular Hbond substituents is 1. The second-order valence-electron chi connectivity index (χ2n) is 7.36. The predicted molar refractivity (Wildman–Crippen MR) is 104 cm³/mol. The molecule has 0 spiro atoms. The molecular formula is C19H28N5O4+. The van der Waals surface area contributed by atoms with Crippen LogP contribution in [-0.4, -0.2) is 59.9 Å². The summed E-state index contributed by atoms with van der Waals surface area (Å²) >= 11 is 0. The van der Waals surface area contributed by atoms with Crippen molar-refractivity contribution >= 4 is 23.4 Å². The van der Waals surface area contributed by atoms with Gasteiger partial charge in [-0.3, -0.25) is 9.59 Å². The molecule has 1 aliphatic heterocycles. The SMILES string of the molecule is CC(C)[C@H](C)NC1=C(Nc2cccc(C(=O)N(C)C)c2O)C(=O)[NH2+]N(C)C1=O. The smallest absolute Gasteiger partial charge is 0.385 e. The highest BCUT2D eigenvalue weighted by atomic mass is 16.3. The molecule has 1 aliphatic rings. The normalized spacial score (nSPS) is 15.8. The van der Waals surface area contributed by atoms with Crippen molar-refractivity contribution in [1.29, 1.82) is 0 Å². The maximum atomic E-state index is 12.6.